The summed E-state index contributed by atoms with van der Waals surface area (Å²) in [5, 5.41) is 14.0. The first-order chi connectivity index (χ1) is 21.5. The van der Waals surface area contributed by atoms with Crippen molar-refractivity contribution in [2.75, 3.05) is 19.5 Å². The van der Waals surface area contributed by atoms with E-state index in [2.05, 4.69) is 26.0 Å². The molecule has 4 N–H and O–H groups in total. The number of nitrogen functional groups attached to an aromatic ring is 1. The van der Waals surface area contributed by atoms with Gasteiger partial charge in [0.25, 0.3) is 0 Å². The summed E-state index contributed by atoms with van der Waals surface area (Å²) in [4.78, 5) is 24.4. The standard InChI is InChI=1S/C30H34FN6O7P/c1-5-30(41-4,24(38)17-37-19-33-25-26(32)34-29(31)35-27(25)37)18-42-45(40,44-22-14-10-7-11-15-22)36-23(28(39)43-20(2)3)16-21-12-8-6-9-13-21/h1,6-15,19-20,23-24,38H,16-18H2,2-4H3,(H,36,40)(H2,32,34,35)/t23-,24-,30+,45?/m0/s1. The summed E-state index contributed by atoms with van der Waals surface area (Å²) in [6.07, 6.45) is 4.10. The molecule has 2 aromatic carbocycles. The maximum absolute atomic E-state index is 14.4. The predicted molar refractivity (Wildman–Crippen MR) is 163 cm³/mol. The van der Waals surface area contributed by atoms with E-state index in [1.54, 1.807) is 68.4 Å². The number of aliphatic hydroxyl groups is 1. The number of anilines is 1. The number of methoxy groups -OCH3 is 1. The molecular formula is C30H34FN6O7P. The minimum Gasteiger partial charge on any atom is -0.462 e. The number of para-hydroxylation sites is 1. The lowest BCUT2D eigenvalue weighted by molar-refractivity contribution is -0.149. The molecule has 2 heterocycles. The van der Waals surface area contributed by atoms with Crippen LogP contribution in [0.3, 0.4) is 0 Å². The zero-order valence-electron chi connectivity index (χ0n) is 24.9. The maximum atomic E-state index is 14.4. The van der Waals surface area contributed by atoms with Crippen LogP contribution in [0.5, 0.6) is 5.75 Å². The van der Waals surface area contributed by atoms with Gasteiger partial charge in [0.1, 0.15) is 30.0 Å². The molecular weight excluding hydrogens is 606 g/mol. The van der Waals surface area contributed by atoms with Crippen LogP contribution in [-0.2, 0) is 36.3 Å². The molecule has 0 bridgehead atoms. The maximum Gasteiger partial charge on any atom is 0.459 e. The Morgan fingerprint density at radius 3 is 2.47 bits per heavy atom. The number of hydrogen-bond acceptors (Lipinski definition) is 11. The number of benzene rings is 2. The summed E-state index contributed by atoms with van der Waals surface area (Å²) in [5.74, 6) is 1.66. The molecule has 0 saturated heterocycles. The van der Waals surface area contributed by atoms with E-state index in [0.717, 1.165) is 5.56 Å². The Hall–Kier alpha value is -4.38. The number of aromatic nitrogens is 4. The first kappa shape index (κ1) is 33.5. The van der Waals surface area contributed by atoms with Gasteiger partial charge < -0.3 is 29.4 Å². The van der Waals surface area contributed by atoms with E-state index in [-0.39, 0.29) is 35.7 Å². The Labute approximate surface area is 259 Å². The van der Waals surface area contributed by atoms with E-state index in [9.17, 15) is 18.9 Å². The van der Waals surface area contributed by atoms with E-state index in [0.29, 0.717) is 0 Å². The lowest BCUT2D eigenvalue weighted by Crippen LogP contribution is -2.49. The van der Waals surface area contributed by atoms with E-state index >= 15 is 0 Å². The fourth-order valence-electron chi connectivity index (χ4n) is 4.32. The van der Waals surface area contributed by atoms with Crippen molar-refractivity contribution in [2.45, 2.75) is 50.7 Å². The van der Waals surface area contributed by atoms with Gasteiger partial charge >= 0.3 is 19.8 Å². The number of halogens is 1. The molecule has 4 aromatic rings. The van der Waals surface area contributed by atoms with E-state index in [1.165, 1.54) is 18.0 Å². The number of terminal acetylenes is 1. The van der Waals surface area contributed by atoms with Gasteiger partial charge in [0.05, 0.1) is 19.0 Å². The predicted octanol–water partition coefficient (Wildman–Crippen LogP) is 3.28. The zero-order valence-corrected chi connectivity index (χ0v) is 25.8. The van der Waals surface area contributed by atoms with Gasteiger partial charge in [-0.05, 0) is 38.0 Å². The number of nitrogens with one attached hydrogen (secondary N) is 1. The number of carbonyl (C=O) groups excluding carboxylic acids is 1. The molecule has 0 spiro atoms. The van der Waals surface area contributed by atoms with E-state index in [4.69, 9.17) is 30.7 Å². The number of fused-ring (bicyclic) bond motifs is 1. The van der Waals surface area contributed by atoms with Crippen molar-refractivity contribution >= 4 is 30.7 Å². The summed E-state index contributed by atoms with van der Waals surface area (Å²) in [5.41, 5.74) is 4.70. The molecule has 0 fully saturated rings. The summed E-state index contributed by atoms with van der Waals surface area (Å²) in [6.45, 7) is 2.40. The number of carbonyl (C=O) groups is 1. The molecule has 2 aromatic heterocycles. The number of esters is 1. The molecule has 0 aliphatic carbocycles. The van der Waals surface area contributed by atoms with E-state index < -0.39 is 50.3 Å². The summed E-state index contributed by atoms with van der Waals surface area (Å²) >= 11 is 0. The lowest BCUT2D eigenvalue weighted by Gasteiger charge is -2.33. The summed E-state index contributed by atoms with van der Waals surface area (Å²) in [6, 6.07) is 16.0. The SMILES string of the molecule is C#C[C@](COP(=O)(N[C@@H](Cc1ccccc1)C(=O)OC(C)C)Oc1ccccc1)(OC)[C@@H](O)Cn1cnc2c(N)nc(F)nc21. The van der Waals surface area contributed by atoms with Gasteiger partial charge in [0, 0.05) is 7.11 Å². The van der Waals surface area contributed by atoms with Crippen molar-refractivity contribution < 1.29 is 37.4 Å². The third-order valence-corrected chi connectivity index (χ3v) is 8.18. The van der Waals surface area contributed by atoms with Crippen molar-refractivity contribution in [3.05, 3.63) is 78.6 Å². The molecule has 4 rings (SSSR count). The van der Waals surface area contributed by atoms with Crippen LogP contribution in [0.1, 0.15) is 19.4 Å². The normalized spacial score (nSPS) is 15.5. The van der Waals surface area contributed by atoms with Gasteiger partial charge in [0.15, 0.2) is 17.1 Å². The van der Waals surface area contributed by atoms with Crippen LogP contribution in [-0.4, -0.2) is 68.2 Å². The average Bonchev–Trinajstić information content (AvgIpc) is 3.40. The van der Waals surface area contributed by atoms with E-state index in [1.807, 2.05) is 6.07 Å². The Morgan fingerprint density at radius 1 is 1.18 bits per heavy atom. The van der Waals surface area contributed by atoms with Crippen LogP contribution in [0.25, 0.3) is 11.2 Å². The number of aliphatic hydroxyl groups excluding tert-OH is 1. The van der Waals surface area contributed by atoms with Crippen LogP contribution in [0.2, 0.25) is 0 Å². The van der Waals surface area contributed by atoms with Crippen LogP contribution >= 0.6 is 7.75 Å². The van der Waals surface area contributed by atoms with Crippen molar-refractivity contribution in [3.8, 4) is 18.1 Å². The Morgan fingerprint density at radius 2 is 1.84 bits per heavy atom. The highest BCUT2D eigenvalue weighted by molar-refractivity contribution is 7.52. The second kappa shape index (κ2) is 14.6. The highest BCUT2D eigenvalue weighted by Crippen LogP contribution is 2.46. The highest BCUT2D eigenvalue weighted by Gasteiger charge is 2.43. The first-order valence-electron chi connectivity index (χ1n) is 13.8. The molecule has 0 aliphatic rings. The van der Waals surface area contributed by atoms with Crippen molar-refractivity contribution in [1.29, 1.82) is 0 Å². The average molecular weight is 641 g/mol. The van der Waals surface area contributed by atoms with Gasteiger partial charge in [-0.15, -0.1) is 6.42 Å². The Bertz CT molecular complexity index is 1680. The minimum absolute atomic E-state index is 0.00848. The molecule has 1 unspecified atom stereocenters. The van der Waals surface area contributed by atoms with Crippen LogP contribution in [0, 0.1) is 18.4 Å². The highest BCUT2D eigenvalue weighted by atomic mass is 31.2. The number of nitrogens with two attached hydrogens (primary N) is 1. The molecule has 45 heavy (non-hydrogen) atoms. The molecule has 4 atom stereocenters. The van der Waals surface area contributed by atoms with Gasteiger partial charge in [-0.2, -0.15) is 19.4 Å². The molecule has 0 radical (unpaired) electrons. The number of imidazole rings is 1. The fraction of sp³-hybridized carbons (Fsp3) is 0.333. The molecule has 0 aliphatic heterocycles. The second-order valence-electron chi connectivity index (χ2n) is 10.2. The lowest BCUT2D eigenvalue weighted by atomic mass is 9.98. The molecule has 13 nitrogen and oxygen atoms in total. The third kappa shape index (κ3) is 8.42. The van der Waals surface area contributed by atoms with Crippen molar-refractivity contribution in [3.63, 3.8) is 0 Å². The van der Waals surface area contributed by atoms with Crippen molar-refractivity contribution in [2.24, 2.45) is 0 Å². The quantitative estimate of drug-likeness (QED) is 0.0750. The number of ether oxygens (including phenoxy) is 2. The van der Waals surface area contributed by atoms with Crippen molar-refractivity contribution in [1.82, 2.24) is 24.6 Å². The van der Waals surface area contributed by atoms with Gasteiger partial charge in [-0.1, -0.05) is 54.5 Å². The number of hydrogen-bond donors (Lipinski definition) is 3. The van der Waals surface area contributed by atoms with Crippen LogP contribution in [0.4, 0.5) is 10.2 Å². The topological polar surface area (TPSA) is 173 Å². The number of nitrogens with zero attached hydrogens (tertiary/aromatic N) is 4. The summed E-state index contributed by atoms with van der Waals surface area (Å²) < 4.78 is 52.2. The largest absolute Gasteiger partial charge is 0.462 e. The van der Waals surface area contributed by atoms with Crippen LogP contribution in [0.15, 0.2) is 67.0 Å². The second-order valence-corrected chi connectivity index (χ2v) is 11.9. The minimum atomic E-state index is -4.46. The molecule has 15 heteroatoms. The zero-order chi connectivity index (χ0) is 32.6. The monoisotopic (exact) mass is 640 g/mol. The molecule has 238 valence electrons. The Balaban J connectivity index is 1.63. The van der Waals surface area contributed by atoms with Crippen LogP contribution < -0.4 is 15.3 Å². The Kier molecular flexibility index (Phi) is 10.9. The molecule has 0 saturated carbocycles. The van der Waals surface area contributed by atoms with Gasteiger partial charge in [0.2, 0.25) is 0 Å². The third-order valence-electron chi connectivity index (χ3n) is 6.63. The fourth-order valence-corrected chi connectivity index (χ4v) is 5.84. The smallest absolute Gasteiger partial charge is 0.459 e. The summed E-state index contributed by atoms with van der Waals surface area (Å²) in [7, 11) is -3.23. The van der Waals surface area contributed by atoms with Gasteiger partial charge in [-0.25, -0.2) is 9.55 Å². The number of rotatable bonds is 15. The van der Waals surface area contributed by atoms with Gasteiger partial charge in [-0.3, -0.25) is 9.32 Å². The first-order valence-corrected chi connectivity index (χ1v) is 15.4. The molecule has 0 amide bonds.